The van der Waals surface area contributed by atoms with Crippen LogP contribution in [0.25, 0.3) is 0 Å². The third kappa shape index (κ3) is 3.19. The fourth-order valence-electron chi connectivity index (χ4n) is 2.67. The molecule has 1 fully saturated rings. The smallest absolute Gasteiger partial charge is 0.226 e. The molecule has 1 aliphatic carbocycles. The second kappa shape index (κ2) is 6.27. The van der Waals surface area contributed by atoms with Gasteiger partial charge in [-0.05, 0) is 25.0 Å². The first kappa shape index (κ1) is 14.6. The lowest BCUT2D eigenvalue weighted by molar-refractivity contribution is 0.302. The minimum Gasteiger partial charge on any atom is -0.439 e. The summed E-state index contributed by atoms with van der Waals surface area (Å²) in [6.07, 6.45) is 3.54. The molecule has 1 saturated carbocycles. The summed E-state index contributed by atoms with van der Waals surface area (Å²) >= 11 is 0. The zero-order valence-electron chi connectivity index (χ0n) is 13.2. The highest BCUT2D eigenvalue weighted by molar-refractivity contribution is 5.33. The average molecular weight is 323 g/mol. The highest BCUT2D eigenvalue weighted by Crippen LogP contribution is 2.37. The molecule has 7 nitrogen and oxygen atoms in total. The molecule has 0 aliphatic heterocycles. The van der Waals surface area contributed by atoms with E-state index in [1.807, 2.05) is 30.3 Å². The standard InChI is InChI=1S/C17H17N5O2/c1-11-21-22-16(23-11)12-9-13(10-12)19-17-18-8-7-15(20-17)24-14-5-3-2-4-6-14/h2-8,12-13H,9-10H2,1H3,(H,18,19,20). The van der Waals surface area contributed by atoms with Crippen molar-refractivity contribution in [1.29, 1.82) is 0 Å². The number of nitrogens with one attached hydrogen (secondary N) is 1. The Labute approximate surface area is 139 Å². The molecule has 0 bridgehead atoms. The molecule has 0 unspecified atom stereocenters. The van der Waals surface area contributed by atoms with Crippen molar-refractivity contribution in [3.8, 4) is 11.6 Å². The van der Waals surface area contributed by atoms with Crippen LogP contribution in [0.1, 0.15) is 30.5 Å². The van der Waals surface area contributed by atoms with Crippen molar-refractivity contribution in [3.63, 3.8) is 0 Å². The summed E-state index contributed by atoms with van der Waals surface area (Å²) in [5, 5.41) is 11.3. The summed E-state index contributed by atoms with van der Waals surface area (Å²) in [5.74, 6) is 3.46. The molecule has 0 atom stereocenters. The molecule has 0 saturated heterocycles. The molecule has 4 rings (SSSR count). The van der Waals surface area contributed by atoms with Crippen molar-refractivity contribution in [2.24, 2.45) is 0 Å². The summed E-state index contributed by atoms with van der Waals surface area (Å²) in [6, 6.07) is 11.6. The quantitative estimate of drug-likeness (QED) is 0.770. The van der Waals surface area contributed by atoms with Crippen LogP contribution in [-0.4, -0.2) is 26.2 Å². The number of para-hydroxylation sites is 1. The molecule has 0 radical (unpaired) electrons. The van der Waals surface area contributed by atoms with Crippen LogP contribution in [0.4, 0.5) is 5.95 Å². The summed E-state index contributed by atoms with van der Waals surface area (Å²) < 4.78 is 11.2. The van der Waals surface area contributed by atoms with Crippen LogP contribution < -0.4 is 10.1 Å². The zero-order valence-corrected chi connectivity index (χ0v) is 13.2. The number of hydrogen-bond donors (Lipinski definition) is 1. The van der Waals surface area contributed by atoms with Gasteiger partial charge in [-0.15, -0.1) is 10.2 Å². The molecule has 1 aromatic carbocycles. The van der Waals surface area contributed by atoms with Crippen LogP contribution in [0.5, 0.6) is 11.6 Å². The average Bonchev–Trinajstić information content (AvgIpc) is 2.98. The fraction of sp³-hybridized carbons (Fsp3) is 0.294. The Morgan fingerprint density at radius 3 is 2.71 bits per heavy atom. The van der Waals surface area contributed by atoms with Gasteiger partial charge in [0, 0.05) is 31.1 Å². The molecule has 7 heteroatoms. The normalized spacial score (nSPS) is 19.5. The van der Waals surface area contributed by atoms with E-state index in [0.29, 0.717) is 35.6 Å². The first-order chi connectivity index (χ1) is 11.8. The van der Waals surface area contributed by atoms with E-state index < -0.39 is 0 Å². The highest BCUT2D eigenvalue weighted by Gasteiger charge is 2.34. The predicted molar refractivity (Wildman–Crippen MR) is 87.0 cm³/mol. The maximum absolute atomic E-state index is 5.72. The van der Waals surface area contributed by atoms with Crippen LogP contribution in [0, 0.1) is 6.92 Å². The summed E-state index contributed by atoms with van der Waals surface area (Å²) in [7, 11) is 0. The Hall–Kier alpha value is -2.96. The van der Waals surface area contributed by atoms with E-state index in [9.17, 15) is 0 Å². The fourth-order valence-corrected chi connectivity index (χ4v) is 2.67. The number of rotatable bonds is 5. The van der Waals surface area contributed by atoms with E-state index in [0.717, 1.165) is 18.6 Å². The second-order valence-corrected chi connectivity index (χ2v) is 5.80. The number of nitrogens with zero attached hydrogens (tertiary/aromatic N) is 4. The lowest BCUT2D eigenvalue weighted by Crippen LogP contribution is -2.34. The van der Waals surface area contributed by atoms with Gasteiger partial charge in [-0.3, -0.25) is 0 Å². The summed E-state index contributed by atoms with van der Waals surface area (Å²) in [5.41, 5.74) is 0. The molecule has 122 valence electrons. The van der Waals surface area contributed by atoms with Crippen LogP contribution in [0.15, 0.2) is 47.0 Å². The van der Waals surface area contributed by atoms with Gasteiger partial charge in [0.15, 0.2) is 0 Å². The van der Waals surface area contributed by atoms with Crippen molar-refractivity contribution in [2.75, 3.05) is 5.32 Å². The Kier molecular flexibility index (Phi) is 3.82. The van der Waals surface area contributed by atoms with Crippen molar-refractivity contribution < 1.29 is 9.15 Å². The Bertz CT molecular complexity index is 815. The molecule has 24 heavy (non-hydrogen) atoms. The third-order valence-electron chi connectivity index (χ3n) is 3.96. The number of ether oxygens (including phenoxy) is 1. The van der Waals surface area contributed by atoms with Crippen molar-refractivity contribution in [2.45, 2.75) is 31.7 Å². The van der Waals surface area contributed by atoms with Crippen molar-refractivity contribution in [3.05, 3.63) is 54.4 Å². The van der Waals surface area contributed by atoms with Gasteiger partial charge < -0.3 is 14.5 Å². The maximum Gasteiger partial charge on any atom is 0.226 e. The van der Waals surface area contributed by atoms with Crippen LogP contribution in [0.2, 0.25) is 0 Å². The van der Waals surface area contributed by atoms with E-state index in [4.69, 9.17) is 9.15 Å². The lowest BCUT2D eigenvalue weighted by atomic mass is 9.80. The van der Waals surface area contributed by atoms with Crippen molar-refractivity contribution >= 4 is 5.95 Å². The third-order valence-corrected chi connectivity index (χ3v) is 3.96. The first-order valence-corrected chi connectivity index (χ1v) is 7.89. The molecule has 1 N–H and O–H groups in total. The summed E-state index contributed by atoms with van der Waals surface area (Å²) in [6.45, 7) is 1.80. The van der Waals surface area contributed by atoms with E-state index in [2.05, 4.69) is 25.5 Å². The molecular weight excluding hydrogens is 306 g/mol. The Morgan fingerprint density at radius 2 is 1.96 bits per heavy atom. The largest absolute Gasteiger partial charge is 0.439 e. The summed E-state index contributed by atoms with van der Waals surface area (Å²) in [4.78, 5) is 8.65. The molecule has 0 amide bonds. The van der Waals surface area contributed by atoms with Gasteiger partial charge in [0.05, 0.1) is 0 Å². The minimum absolute atomic E-state index is 0.300. The number of aromatic nitrogens is 4. The van der Waals surface area contributed by atoms with Gasteiger partial charge in [-0.1, -0.05) is 18.2 Å². The molecule has 2 aromatic heterocycles. The number of benzene rings is 1. The number of hydrogen-bond acceptors (Lipinski definition) is 7. The van der Waals surface area contributed by atoms with Crippen molar-refractivity contribution in [1.82, 2.24) is 20.2 Å². The minimum atomic E-state index is 0.300. The van der Waals surface area contributed by atoms with E-state index >= 15 is 0 Å². The Morgan fingerprint density at radius 1 is 1.12 bits per heavy atom. The molecular formula is C17H17N5O2. The Balaban J connectivity index is 1.35. The van der Waals surface area contributed by atoms with Gasteiger partial charge in [0.25, 0.3) is 0 Å². The van der Waals surface area contributed by atoms with Gasteiger partial charge >= 0.3 is 0 Å². The van der Waals surface area contributed by atoms with E-state index in [1.54, 1.807) is 19.2 Å². The lowest BCUT2D eigenvalue weighted by Gasteiger charge is -2.33. The molecule has 2 heterocycles. The number of anilines is 1. The monoisotopic (exact) mass is 323 g/mol. The predicted octanol–water partition coefficient (Wildman–Crippen LogP) is 3.32. The molecule has 3 aromatic rings. The SMILES string of the molecule is Cc1nnc(C2CC(Nc3nccc(Oc4ccccc4)n3)C2)o1. The molecule has 1 aliphatic rings. The zero-order chi connectivity index (χ0) is 16.4. The second-order valence-electron chi connectivity index (χ2n) is 5.80. The topological polar surface area (TPSA) is 86.0 Å². The first-order valence-electron chi connectivity index (χ1n) is 7.89. The number of aryl methyl sites for hydroxylation is 1. The van der Waals surface area contributed by atoms with E-state index in [1.165, 1.54) is 0 Å². The maximum atomic E-state index is 5.72. The van der Waals surface area contributed by atoms with E-state index in [-0.39, 0.29) is 0 Å². The van der Waals surface area contributed by atoms with Crippen LogP contribution >= 0.6 is 0 Å². The van der Waals surface area contributed by atoms with Crippen LogP contribution in [0.3, 0.4) is 0 Å². The molecule has 0 spiro atoms. The van der Waals surface area contributed by atoms with Gasteiger partial charge in [-0.2, -0.15) is 4.98 Å². The highest BCUT2D eigenvalue weighted by atomic mass is 16.5. The van der Waals surface area contributed by atoms with Gasteiger partial charge in [-0.25, -0.2) is 4.98 Å². The van der Waals surface area contributed by atoms with Gasteiger partial charge in [0.2, 0.25) is 23.6 Å². The van der Waals surface area contributed by atoms with Gasteiger partial charge in [0.1, 0.15) is 5.75 Å². The van der Waals surface area contributed by atoms with Crippen LogP contribution in [-0.2, 0) is 0 Å².